The molecule has 4 nitrogen and oxygen atoms in total. The van der Waals surface area contributed by atoms with Crippen molar-refractivity contribution in [2.75, 3.05) is 0 Å². The molecule has 4 fully saturated rings. The molecule has 46 heavy (non-hydrogen) atoms. The van der Waals surface area contributed by atoms with E-state index in [0.717, 1.165) is 54.9 Å². The second kappa shape index (κ2) is 13.6. The van der Waals surface area contributed by atoms with Crippen LogP contribution in [0.4, 0.5) is 0 Å². The number of ketones is 1. The Bertz CT molecular complexity index is 1350. The lowest BCUT2D eigenvalue weighted by atomic mass is 9.43. The van der Waals surface area contributed by atoms with Crippen LogP contribution in [0.1, 0.15) is 127 Å². The number of esters is 1. The van der Waals surface area contributed by atoms with E-state index >= 15 is 0 Å². The lowest BCUT2D eigenvalue weighted by Gasteiger charge is -2.62. The van der Waals surface area contributed by atoms with E-state index in [0.29, 0.717) is 28.4 Å². The molecule has 10 atom stereocenters. The van der Waals surface area contributed by atoms with Gasteiger partial charge in [0, 0.05) is 11.1 Å². The van der Waals surface area contributed by atoms with Crippen molar-refractivity contribution in [3.8, 4) is 0 Å². The highest BCUT2D eigenvalue weighted by Gasteiger charge is 2.62. The van der Waals surface area contributed by atoms with Crippen molar-refractivity contribution >= 4 is 11.8 Å². The highest BCUT2D eigenvalue weighted by atomic mass is 16.5. The molecule has 0 radical (unpaired) electrons. The summed E-state index contributed by atoms with van der Waals surface area (Å²) in [6.07, 6.45) is 12.8. The predicted octanol–water partition coefficient (Wildman–Crippen LogP) is 9.46. The van der Waals surface area contributed by atoms with Crippen LogP contribution < -0.4 is 0 Å². The van der Waals surface area contributed by atoms with Gasteiger partial charge in [-0.3, -0.25) is 9.59 Å². The zero-order valence-corrected chi connectivity index (χ0v) is 29.0. The van der Waals surface area contributed by atoms with Gasteiger partial charge >= 0.3 is 5.97 Å². The molecule has 4 aliphatic rings. The van der Waals surface area contributed by atoms with Crippen molar-refractivity contribution in [2.24, 2.45) is 52.3 Å². The van der Waals surface area contributed by atoms with Crippen LogP contribution in [0, 0.1) is 52.3 Å². The minimum atomic E-state index is -0.313. The summed E-state index contributed by atoms with van der Waals surface area (Å²) in [5.41, 5.74) is 2.67. The Hall–Kier alpha value is -2.46. The number of aliphatic hydroxyl groups excluding tert-OH is 1. The van der Waals surface area contributed by atoms with Crippen LogP contribution in [-0.4, -0.2) is 29.1 Å². The summed E-state index contributed by atoms with van der Waals surface area (Å²) >= 11 is 0. The maximum atomic E-state index is 13.1. The zero-order chi connectivity index (χ0) is 32.6. The van der Waals surface area contributed by atoms with E-state index in [1.165, 1.54) is 44.9 Å². The molecule has 2 aromatic carbocycles. The number of hydrogen-bond donors (Lipinski definition) is 1. The van der Waals surface area contributed by atoms with Crippen molar-refractivity contribution in [1.82, 2.24) is 0 Å². The average Bonchev–Trinajstić information content (AvgIpc) is 3.39. The number of fused-ring (bicyclic) bond motifs is 5. The summed E-state index contributed by atoms with van der Waals surface area (Å²) in [5, 5.41) is 11.7. The molecule has 0 unspecified atom stereocenters. The second-order valence-electron chi connectivity index (χ2n) is 16.8. The van der Waals surface area contributed by atoms with Crippen molar-refractivity contribution in [3.63, 3.8) is 0 Å². The first kappa shape index (κ1) is 33.4. The monoisotopic (exact) mass is 626 g/mol. The summed E-state index contributed by atoms with van der Waals surface area (Å²) < 4.78 is 6.08. The van der Waals surface area contributed by atoms with Gasteiger partial charge in [-0.05, 0) is 109 Å². The fourth-order valence-corrected chi connectivity index (χ4v) is 11.3. The van der Waals surface area contributed by atoms with Crippen LogP contribution in [0.15, 0.2) is 54.6 Å². The van der Waals surface area contributed by atoms with Gasteiger partial charge in [0.2, 0.25) is 0 Å². The highest BCUT2D eigenvalue weighted by Crippen LogP contribution is 2.68. The predicted molar refractivity (Wildman–Crippen MR) is 184 cm³/mol. The van der Waals surface area contributed by atoms with Gasteiger partial charge in [0.25, 0.3) is 0 Å². The number of carbonyl (C=O) groups is 2. The first-order valence-electron chi connectivity index (χ1n) is 18.6. The molecule has 0 amide bonds. The van der Waals surface area contributed by atoms with Gasteiger partial charge in [-0.2, -0.15) is 0 Å². The fraction of sp³-hybridized carbons (Fsp3) is 0.667. The molecule has 250 valence electrons. The van der Waals surface area contributed by atoms with Crippen LogP contribution in [0.5, 0.6) is 0 Å². The Labute approximate surface area is 278 Å². The van der Waals surface area contributed by atoms with E-state index in [1.807, 2.05) is 42.5 Å². The Morgan fingerprint density at radius 2 is 1.48 bits per heavy atom. The van der Waals surface area contributed by atoms with Crippen LogP contribution in [0.25, 0.3) is 0 Å². The average molecular weight is 627 g/mol. The van der Waals surface area contributed by atoms with Gasteiger partial charge < -0.3 is 9.84 Å². The van der Waals surface area contributed by atoms with Gasteiger partial charge in [0.1, 0.15) is 6.10 Å². The summed E-state index contributed by atoms with van der Waals surface area (Å²) in [6, 6.07) is 16.6. The molecule has 0 heterocycles. The topological polar surface area (TPSA) is 63.6 Å². The molecule has 0 spiro atoms. The SMILES string of the molecule is CC(C)CCC[C@@H](C)[C@H]1CC[C@H]2[C@@H]3C[C@H](O)[C@H]4C[C@H](OC(=O)Cc5ccc(C(=O)c6ccccc6)cc5)CC[C@]4(C)[C@H]3CC[C@]12C. The number of rotatable bonds is 10. The summed E-state index contributed by atoms with van der Waals surface area (Å²) in [4.78, 5) is 25.8. The maximum Gasteiger partial charge on any atom is 0.310 e. The minimum Gasteiger partial charge on any atom is -0.462 e. The molecule has 4 heteroatoms. The van der Waals surface area contributed by atoms with Gasteiger partial charge in [0.05, 0.1) is 12.5 Å². The molecular formula is C42H58O4. The third-order valence-corrected chi connectivity index (χ3v) is 13.7. The highest BCUT2D eigenvalue weighted by molar-refractivity contribution is 6.08. The Balaban J connectivity index is 1.05. The lowest BCUT2D eigenvalue weighted by molar-refractivity contribution is -0.183. The quantitative estimate of drug-likeness (QED) is 0.211. The third kappa shape index (κ3) is 6.49. The molecule has 0 aromatic heterocycles. The van der Waals surface area contributed by atoms with E-state index in [4.69, 9.17) is 4.74 Å². The van der Waals surface area contributed by atoms with Crippen molar-refractivity contribution in [1.29, 1.82) is 0 Å². The second-order valence-corrected chi connectivity index (χ2v) is 16.8. The number of aliphatic hydroxyl groups is 1. The normalized spacial score (nSPS) is 35.9. The summed E-state index contributed by atoms with van der Waals surface area (Å²) in [6.45, 7) is 12.3. The van der Waals surface area contributed by atoms with Crippen LogP contribution >= 0.6 is 0 Å². The zero-order valence-electron chi connectivity index (χ0n) is 29.0. The Kier molecular flexibility index (Phi) is 9.87. The van der Waals surface area contributed by atoms with E-state index in [2.05, 4.69) is 34.6 Å². The Morgan fingerprint density at radius 1 is 0.804 bits per heavy atom. The summed E-state index contributed by atoms with van der Waals surface area (Å²) in [5.74, 6) is 4.40. The van der Waals surface area contributed by atoms with E-state index in [9.17, 15) is 14.7 Å². The largest absolute Gasteiger partial charge is 0.462 e. The van der Waals surface area contributed by atoms with Gasteiger partial charge in [-0.1, -0.05) is 108 Å². The van der Waals surface area contributed by atoms with Crippen LogP contribution in [0.3, 0.4) is 0 Å². The van der Waals surface area contributed by atoms with Gasteiger partial charge in [-0.15, -0.1) is 0 Å². The van der Waals surface area contributed by atoms with Crippen molar-refractivity contribution in [3.05, 3.63) is 71.3 Å². The molecule has 4 saturated carbocycles. The molecule has 4 aliphatic carbocycles. The van der Waals surface area contributed by atoms with Crippen molar-refractivity contribution < 1.29 is 19.4 Å². The minimum absolute atomic E-state index is 0.0183. The number of carbonyl (C=O) groups excluding carboxylic acids is 2. The molecular weight excluding hydrogens is 568 g/mol. The van der Waals surface area contributed by atoms with E-state index < -0.39 is 0 Å². The first-order chi connectivity index (χ1) is 22.0. The van der Waals surface area contributed by atoms with Crippen molar-refractivity contribution in [2.45, 2.75) is 124 Å². The first-order valence-corrected chi connectivity index (χ1v) is 18.6. The van der Waals surface area contributed by atoms with Gasteiger partial charge in [0.15, 0.2) is 5.78 Å². The molecule has 0 saturated heterocycles. The molecule has 1 N–H and O–H groups in total. The lowest BCUT2D eigenvalue weighted by Crippen LogP contribution is -2.58. The van der Waals surface area contributed by atoms with E-state index in [1.54, 1.807) is 12.1 Å². The van der Waals surface area contributed by atoms with E-state index in [-0.39, 0.29) is 41.7 Å². The number of ether oxygens (including phenoxy) is 1. The number of benzene rings is 2. The van der Waals surface area contributed by atoms with Crippen LogP contribution in [-0.2, 0) is 16.0 Å². The smallest absolute Gasteiger partial charge is 0.310 e. The summed E-state index contributed by atoms with van der Waals surface area (Å²) in [7, 11) is 0. The standard InChI is InChI=1S/C42H58O4/c1-27(2)10-9-11-28(3)34-18-19-35-33-26-38(43)37-25-32(20-22-42(37,5)36(33)21-23-41(34,35)4)46-39(44)24-29-14-16-31(17-15-29)40(45)30-12-7-6-8-13-30/h6-8,12-17,27-28,32-38,43H,9-11,18-26H2,1-5H3/t28-,32-,33+,34-,35+,36+,37-,38+,41-,42-/m1/s1. The molecule has 2 aromatic rings. The van der Waals surface area contributed by atoms with Crippen LogP contribution in [0.2, 0.25) is 0 Å². The fourth-order valence-electron chi connectivity index (χ4n) is 11.3. The maximum absolute atomic E-state index is 13.1. The van der Waals surface area contributed by atoms with Gasteiger partial charge in [-0.25, -0.2) is 0 Å². The molecule has 6 rings (SSSR count). The Morgan fingerprint density at radius 3 is 2.20 bits per heavy atom. The number of hydrogen-bond acceptors (Lipinski definition) is 4. The third-order valence-electron chi connectivity index (χ3n) is 13.7. The molecule has 0 aliphatic heterocycles. The molecule has 0 bridgehead atoms.